The van der Waals surface area contributed by atoms with E-state index >= 15 is 0 Å². The molecule has 2 aliphatic rings. The lowest BCUT2D eigenvalue weighted by Gasteiger charge is -2.35. The third-order valence-electron chi connectivity index (χ3n) is 7.64. The molecule has 1 aromatic carbocycles. The van der Waals surface area contributed by atoms with Gasteiger partial charge < -0.3 is 19.4 Å². The first-order chi connectivity index (χ1) is 21.2. The van der Waals surface area contributed by atoms with Gasteiger partial charge in [0.2, 0.25) is 0 Å². The number of amides is 1. The Morgan fingerprint density at radius 3 is 2.61 bits per heavy atom. The van der Waals surface area contributed by atoms with Gasteiger partial charge in [0.25, 0.3) is 11.5 Å². The van der Waals surface area contributed by atoms with Crippen molar-refractivity contribution in [2.45, 2.75) is 18.8 Å². The van der Waals surface area contributed by atoms with Gasteiger partial charge >= 0.3 is 6.18 Å². The van der Waals surface area contributed by atoms with E-state index in [4.69, 9.17) is 10.00 Å². The largest absolute Gasteiger partial charge is 0.491 e. The number of alkyl halides is 3. The van der Waals surface area contributed by atoms with Crippen LogP contribution < -0.4 is 20.1 Å². The van der Waals surface area contributed by atoms with Crippen LogP contribution in [-0.4, -0.2) is 63.8 Å². The van der Waals surface area contributed by atoms with Gasteiger partial charge in [-0.1, -0.05) is 12.1 Å². The third-order valence-corrected chi connectivity index (χ3v) is 7.64. The summed E-state index contributed by atoms with van der Waals surface area (Å²) >= 11 is 0. The van der Waals surface area contributed by atoms with Gasteiger partial charge in [-0.25, -0.2) is 10.1 Å². The van der Waals surface area contributed by atoms with E-state index in [2.05, 4.69) is 15.1 Å². The Labute approximate surface area is 249 Å². The number of aromatic amines is 1. The molecular formula is C30H25F3N8O3. The van der Waals surface area contributed by atoms with Crippen molar-refractivity contribution in [3.63, 3.8) is 0 Å². The molecule has 11 nitrogen and oxygen atoms in total. The highest BCUT2D eigenvalue weighted by Crippen LogP contribution is 2.41. The number of nitrogens with one attached hydrogen (secondary N) is 1. The molecule has 0 saturated carbocycles. The van der Waals surface area contributed by atoms with Crippen LogP contribution in [0.2, 0.25) is 0 Å². The first-order valence-corrected chi connectivity index (χ1v) is 13.7. The molecule has 0 radical (unpaired) electrons. The minimum absolute atomic E-state index is 0.0773. The van der Waals surface area contributed by atoms with E-state index in [0.29, 0.717) is 54.3 Å². The number of carbonyl (C=O) groups is 1. The number of anilines is 2. The molecule has 14 heteroatoms. The van der Waals surface area contributed by atoms with Gasteiger partial charge in [-0.05, 0) is 42.0 Å². The molecular weight excluding hydrogens is 577 g/mol. The SMILES string of the molecule is N#Cc1ccc(N2CCN(C(=O)c3cccc(OCC4c5ncccc5CN4c4cn[nH]c(=O)c4C(F)(F)F)c3)CC2)nc1. The van der Waals surface area contributed by atoms with Crippen LogP contribution in [0.25, 0.3) is 0 Å². The summed E-state index contributed by atoms with van der Waals surface area (Å²) in [6.45, 7) is 2.06. The minimum atomic E-state index is -4.90. The first-order valence-electron chi connectivity index (χ1n) is 13.7. The second-order valence-electron chi connectivity index (χ2n) is 10.3. The molecule has 1 amide bonds. The summed E-state index contributed by atoms with van der Waals surface area (Å²) in [5.41, 5.74) is -0.924. The number of halogens is 3. The van der Waals surface area contributed by atoms with Gasteiger partial charge in [0.1, 0.15) is 35.8 Å². The quantitative estimate of drug-likeness (QED) is 0.352. The fourth-order valence-corrected chi connectivity index (χ4v) is 5.48. The molecule has 6 rings (SSSR count). The van der Waals surface area contributed by atoms with Gasteiger partial charge in [-0.15, -0.1) is 0 Å². The van der Waals surface area contributed by atoms with Gasteiger partial charge in [0.05, 0.1) is 23.1 Å². The molecule has 1 saturated heterocycles. The summed E-state index contributed by atoms with van der Waals surface area (Å²) in [5, 5.41) is 14.5. The van der Waals surface area contributed by atoms with E-state index in [1.54, 1.807) is 59.6 Å². The van der Waals surface area contributed by atoms with Gasteiger partial charge in [-0.3, -0.25) is 14.6 Å². The summed E-state index contributed by atoms with van der Waals surface area (Å²) in [4.78, 5) is 39.4. The fourth-order valence-electron chi connectivity index (χ4n) is 5.48. The zero-order valence-electron chi connectivity index (χ0n) is 23.2. The normalized spacial score (nSPS) is 16.4. The Hall–Kier alpha value is -5.45. The number of rotatable bonds is 6. The number of H-pyrrole nitrogens is 1. The maximum Gasteiger partial charge on any atom is 0.423 e. The van der Waals surface area contributed by atoms with Crippen molar-refractivity contribution in [1.29, 1.82) is 5.26 Å². The Kier molecular flexibility index (Phi) is 7.60. The Morgan fingerprint density at radius 2 is 1.89 bits per heavy atom. The van der Waals surface area contributed by atoms with Crippen molar-refractivity contribution in [2.24, 2.45) is 0 Å². The fraction of sp³-hybridized carbons (Fsp3) is 0.267. The Bertz CT molecular complexity index is 1780. The lowest BCUT2D eigenvalue weighted by atomic mass is 10.1. The highest BCUT2D eigenvalue weighted by atomic mass is 19.4. The second-order valence-corrected chi connectivity index (χ2v) is 10.3. The van der Waals surface area contributed by atoms with E-state index in [-0.39, 0.29) is 24.7 Å². The number of nitriles is 1. The molecule has 0 bridgehead atoms. The molecule has 2 aliphatic heterocycles. The summed E-state index contributed by atoms with van der Waals surface area (Å²) < 4.78 is 47.8. The highest BCUT2D eigenvalue weighted by molar-refractivity contribution is 5.94. The van der Waals surface area contributed by atoms with Crippen molar-refractivity contribution < 1.29 is 22.7 Å². The van der Waals surface area contributed by atoms with Crippen molar-refractivity contribution in [2.75, 3.05) is 42.6 Å². The molecule has 1 fully saturated rings. The van der Waals surface area contributed by atoms with Crippen molar-refractivity contribution >= 4 is 17.4 Å². The number of pyridine rings is 2. The summed E-state index contributed by atoms with van der Waals surface area (Å²) in [6.07, 6.45) is -0.853. The minimum Gasteiger partial charge on any atom is -0.491 e. The van der Waals surface area contributed by atoms with Crippen LogP contribution in [0.15, 0.2) is 71.9 Å². The van der Waals surface area contributed by atoms with Crippen LogP contribution >= 0.6 is 0 Å². The summed E-state index contributed by atoms with van der Waals surface area (Å²) in [5.74, 6) is 0.921. The molecule has 5 heterocycles. The monoisotopic (exact) mass is 602 g/mol. The number of piperazine rings is 1. The van der Waals surface area contributed by atoms with Crippen LogP contribution in [-0.2, 0) is 12.7 Å². The number of hydrogen-bond donors (Lipinski definition) is 1. The maximum atomic E-state index is 13.9. The van der Waals surface area contributed by atoms with E-state index in [0.717, 1.165) is 12.0 Å². The standard InChI is InChI=1S/C30H25F3N8O3/c31-30(32,33)26-23(16-37-38-28(26)42)41-17-21-4-2-8-35-27(21)24(41)18-44-22-5-1-3-20(13-22)29(43)40-11-9-39(10-12-40)25-7-6-19(14-34)15-36-25/h1-8,13,15-16,24H,9-12,17-18H2,(H,38,42). The highest BCUT2D eigenvalue weighted by Gasteiger charge is 2.42. The van der Waals surface area contributed by atoms with Gasteiger partial charge in [0, 0.05) is 50.7 Å². The molecule has 1 atom stereocenters. The molecule has 0 spiro atoms. The number of aromatic nitrogens is 4. The van der Waals surface area contributed by atoms with Crippen molar-refractivity contribution in [3.05, 3.63) is 105 Å². The maximum absolute atomic E-state index is 13.9. The number of fused-ring (bicyclic) bond motifs is 1. The number of ether oxygens (including phenoxy) is 1. The molecule has 44 heavy (non-hydrogen) atoms. The number of benzene rings is 1. The average molecular weight is 603 g/mol. The molecule has 1 unspecified atom stereocenters. The first kappa shape index (κ1) is 28.7. The van der Waals surface area contributed by atoms with Gasteiger partial charge in [-0.2, -0.15) is 23.5 Å². The van der Waals surface area contributed by atoms with Crippen molar-refractivity contribution in [3.8, 4) is 11.8 Å². The average Bonchev–Trinajstić information content (AvgIpc) is 3.41. The zero-order valence-corrected chi connectivity index (χ0v) is 23.2. The van der Waals surface area contributed by atoms with Crippen molar-refractivity contribution in [1.82, 2.24) is 25.1 Å². The van der Waals surface area contributed by atoms with Crippen LogP contribution in [0, 0.1) is 11.3 Å². The van der Waals surface area contributed by atoms with Crippen LogP contribution in [0.3, 0.4) is 0 Å². The summed E-state index contributed by atoms with van der Waals surface area (Å²) in [6, 6.07) is 14.9. The molecule has 4 aromatic rings. The van der Waals surface area contributed by atoms with Crippen LogP contribution in [0.5, 0.6) is 5.75 Å². The second kappa shape index (κ2) is 11.7. The lowest BCUT2D eigenvalue weighted by molar-refractivity contribution is -0.138. The number of nitrogens with zero attached hydrogens (tertiary/aromatic N) is 7. The molecule has 0 aliphatic carbocycles. The molecule has 1 N–H and O–H groups in total. The van der Waals surface area contributed by atoms with Gasteiger partial charge in [0.15, 0.2) is 0 Å². The van der Waals surface area contributed by atoms with E-state index < -0.39 is 23.3 Å². The Morgan fingerprint density at radius 1 is 1.07 bits per heavy atom. The molecule has 3 aromatic heterocycles. The molecule has 224 valence electrons. The van der Waals surface area contributed by atoms with Crippen LogP contribution in [0.4, 0.5) is 24.7 Å². The van der Waals surface area contributed by atoms with E-state index in [1.165, 1.54) is 11.1 Å². The smallest absolute Gasteiger partial charge is 0.423 e. The predicted molar refractivity (Wildman–Crippen MR) is 152 cm³/mol. The Balaban J connectivity index is 1.16. The lowest BCUT2D eigenvalue weighted by Crippen LogP contribution is -2.49. The predicted octanol–water partition coefficient (Wildman–Crippen LogP) is 3.55. The topological polar surface area (TPSA) is 131 Å². The number of carbonyl (C=O) groups excluding carboxylic acids is 1. The van der Waals surface area contributed by atoms with Crippen LogP contribution in [0.1, 0.15) is 38.8 Å². The van der Waals surface area contributed by atoms with E-state index in [9.17, 15) is 22.8 Å². The number of hydrogen-bond acceptors (Lipinski definition) is 9. The van der Waals surface area contributed by atoms with E-state index in [1.807, 2.05) is 16.1 Å². The third kappa shape index (κ3) is 5.63. The zero-order chi connectivity index (χ0) is 30.8. The summed E-state index contributed by atoms with van der Waals surface area (Å²) in [7, 11) is 0.